The van der Waals surface area contributed by atoms with Gasteiger partial charge in [-0.1, -0.05) is 6.42 Å². The van der Waals surface area contributed by atoms with E-state index in [4.69, 9.17) is 0 Å². The number of carbonyl (C=O) groups is 1. The van der Waals surface area contributed by atoms with Crippen LogP contribution in [0.4, 0.5) is 0 Å². The second-order valence-electron chi connectivity index (χ2n) is 6.63. The van der Waals surface area contributed by atoms with E-state index in [0.29, 0.717) is 6.04 Å². The maximum Gasteiger partial charge on any atom is 0.217 e. The molecule has 122 valence electrons. The van der Waals surface area contributed by atoms with E-state index < -0.39 is 0 Å². The maximum absolute atomic E-state index is 11.1. The Bertz CT molecular complexity index is 496. The van der Waals surface area contributed by atoms with Gasteiger partial charge >= 0.3 is 0 Å². The van der Waals surface area contributed by atoms with E-state index in [0.717, 1.165) is 32.6 Å². The number of piperidine rings is 1. The Balaban J connectivity index is 1.46. The topological polar surface area (TPSA) is 35.6 Å². The number of hydrogen-bond acceptors (Lipinski definition) is 4. The van der Waals surface area contributed by atoms with Crippen molar-refractivity contribution in [2.24, 2.45) is 0 Å². The molecule has 5 heteroatoms. The standard InChI is InChI=1S/C17H27N3OS/c1-14(21)18-15-7-10-20(11-15)13-17-6-5-16(22-17)12-19-8-3-2-4-9-19/h5-6,15H,2-4,7-13H2,1H3,(H,18,21). The van der Waals surface area contributed by atoms with Crippen LogP contribution < -0.4 is 5.32 Å². The Morgan fingerprint density at radius 2 is 1.82 bits per heavy atom. The van der Waals surface area contributed by atoms with Crippen LogP contribution in [0.3, 0.4) is 0 Å². The van der Waals surface area contributed by atoms with Crippen LogP contribution in [0.25, 0.3) is 0 Å². The largest absolute Gasteiger partial charge is 0.352 e. The minimum atomic E-state index is 0.0896. The van der Waals surface area contributed by atoms with Gasteiger partial charge < -0.3 is 5.32 Å². The number of hydrogen-bond donors (Lipinski definition) is 1. The summed E-state index contributed by atoms with van der Waals surface area (Å²) in [5, 5.41) is 3.03. The smallest absolute Gasteiger partial charge is 0.217 e. The van der Waals surface area contributed by atoms with E-state index in [9.17, 15) is 4.79 Å². The highest BCUT2D eigenvalue weighted by molar-refractivity contribution is 7.11. The van der Waals surface area contributed by atoms with Crippen molar-refractivity contribution in [2.45, 2.75) is 51.7 Å². The van der Waals surface area contributed by atoms with Gasteiger partial charge in [-0.25, -0.2) is 0 Å². The van der Waals surface area contributed by atoms with E-state index in [-0.39, 0.29) is 5.91 Å². The molecule has 3 heterocycles. The Labute approximate surface area is 137 Å². The number of nitrogens with zero attached hydrogens (tertiary/aromatic N) is 2. The molecular weight excluding hydrogens is 294 g/mol. The Kier molecular flexibility index (Phi) is 5.50. The van der Waals surface area contributed by atoms with Gasteiger partial charge in [0.15, 0.2) is 0 Å². The van der Waals surface area contributed by atoms with Gasteiger partial charge in [0.05, 0.1) is 0 Å². The van der Waals surface area contributed by atoms with E-state index in [1.54, 1.807) is 6.92 Å². The van der Waals surface area contributed by atoms with Crippen molar-refractivity contribution in [1.29, 1.82) is 0 Å². The minimum absolute atomic E-state index is 0.0896. The molecule has 1 amide bonds. The lowest BCUT2D eigenvalue weighted by Crippen LogP contribution is -2.35. The van der Waals surface area contributed by atoms with Crippen molar-refractivity contribution >= 4 is 17.2 Å². The van der Waals surface area contributed by atoms with E-state index in [2.05, 4.69) is 27.2 Å². The quantitative estimate of drug-likeness (QED) is 0.905. The summed E-state index contributed by atoms with van der Waals surface area (Å²) in [5.74, 6) is 0.0896. The minimum Gasteiger partial charge on any atom is -0.352 e. The molecule has 2 aliphatic heterocycles. The number of carbonyl (C=O) groups excluding carboxylic acids is 1. The highest BCUT2D eigenvalue weighted by Gasteiger charge is 2.23. The first-order valence-electron chi connectivity index (χ1n) is 8.48. The summed E-state index contributed by atoms with van der Waals surface area (Å²) in [6.07, 6.45) is 5.19. The third-order valence-corrected chi connectivity index (χ3v) is 5.66. The molecule has 0 bridgehead atoms. The van der Waals surface area contributed by atoms with Crippen molar-refractivity contribution in [3.63, 3.8) is 0 Å². The van der Waals surface area contributed by atoms with E-state index in [1.165, 1.54) is 42.1 Å². The molecule has 0 spiro atoms. The molecule has 2 saturated heterocycles. The van der Waals surface area contributed by atoms with Crippen LogP contribution in [0.1, 0.15) is 42.4 Å². The lowest BCUT2D eigenvalue weighted by atomic mass is 10.1. The summed E-state index contributed by atoms with van der Waals surface area (Å²) in [6, 6.07) is 4.93. The van der Waals surface area contributed by atoms with Gasteiger partial charge in [-0.3, -0.25) is 14.6 Å². The fourth-order valence-electron chi connectivity index (χ4n) is 3.53. The molecule has 0 radical (unpaired) electrons. The zero-order valence-electron chi connectivity index (χ0n) is 13.5. The highest BCUT2D eigenvalue weighted by Crippen LogP contribution is 2.23. The average Bonchev–Trinajstić information content (AvgIpc) is 3.10. The van der Waals surface area contributed by atoms with Crippen molar-refractivity contribution in [3.8, 4) is 0 Å². The van der Waals surface area contributed by atoms with Gasteiger partial charge in [-0.05, 0) is 44.5 Å². The third kappa shape index (κ3) is 4.54. The van der Waals surface area contributed by atoms with E-state index >= 15 is 0 Å². The fraction of sp³-hybridized carbons (Fsp3) is 0.706. The van der Waals surface area contributed by atoms with Gasteiger partial charge in [0, 0.05) is 48.9 Å². The van der Waals surface area contributed by atoms with Crippen LogP contribution >= 0.6 is 11.3 Å². The molecule has 0 saturated carbocycles. The maximum atomic E-state index is 11.1. The highest BCUT2D eigenvalue weighted by atomic mass is 32.1. The second-order valence-corrected chi connectivity index (χ2v) is 7.88. The molecule has 0 aromatic carbocycles. The zero-order valence-corrected chi connectivity index (χ0v) is 14.3. The molecule has 1 aromatic heterocycles. The number of likely N-dealkylation sites (tertiary alicyclic amines) is 2. The van der Waals surface area contributed by atoms with Gasteiger partial charge in [0.1, 0.15) is 0 Å². The van der Waals surface area contributed by atoms with Gasteiger partial charge in [-0.2, -0.15) is 0 Å². The predicted molar refractivity (Wildman–Crippen MR) is 90.9 cm³/mol. The number of thiophene rings is 1. The van der Waals surface area contributed by atoms with Gasteiger partial charge in [0.2, 0.25) is 5.91 Å². The Morgan fingerprint density at radius 1 is 1.14 bits per heavy atom. The molecule has 0 aliphatic carbocycles. The second kappa shape index (κ2) is 7.57. The zero-order chi connectivity index (χ0) is 15.4. The lowest BCUT2D eigenvalue weighted by molar-refractivity contribution is -0.119. The summed E-state index contributed by atoms with van der Waals surface area (Å²) in [7, 11) is 0. The first-order valence-corrected chi connectivity index (χ1v) is 9.30. The first-order chi connectivity index (χ1) is 10.7. The normalized spacial score (nSPS) is 23.8. The summed E-state index contributed by atoms with van der Waals surface area (Å²) in [6.45, 7) is 8.35. The van der Waals surface area contributed by atoms with Crippen LogP contribution in [0.15, 0.2) is 12.1 Å². The van der Waals surface area contributed by atoms with Gasteiger partial charge in [0.25, 0.3) is 0 Å². The predicted octanol–water partition coefficient (Wildman–Crippen LogP) is 2.44. The molecule has 1 unspecified atom stereocenters. The van der Waals surface area contributed by atoms with Gasteiger partial charge in [-0.15, -0.1) is 11.3 Å². The molecular formula is C17H27N3OS. The van der Waals surface area contributed by atoms with Crippen LogP contribution in [-0.4, -0.2) is 47.9 Å². The van der Waals surface area contributed by atoms with Crippen molar-refractivity contribution in [1.82, 2.24) is 15.1 Å². The number of amides is 1. The summed E-state index contributed by atoms with van der Waals surface area (Å²) < 4.78 is 0. The molecule has 4 nitrogen and oxygen atoms in total. The first kappa shape index (κ1) is 16.0. The third-order valence-electron chi connectivity index (χ3n) is 4.60. The number of rotatable bonds is 5. The molecule has 2 aliphatic rings. The summed E-state index contributed by atoms with van der Waals surface area (Å²) in [4.78, 5) is 19.1. The molecule has 1 atom stereocenters. The molecule has 2 fully saturated rings. The van der Waals surface area contributed by atoms with Crippen LogP contribution in [0, 0.1) is 0 Å². The van der Waals surface area contributed by atoms with Crippen molar-refractivity contribution in [2.75, 3.05) is 26.2 Å². The molecule has 1 aromatic rings. The Hall–Kier alpha value is -0.910. The molecule has 22 heavy (non-hydrogen) atoms. The summed E-state index contributed by atoms with van der Waals surface area (Å²) in [5.41, 5.74) is 0. The molecule has 1 N–H and O–H groups in total. The number of nitrogens with one attached hydrogen (secondary N) is 1. The van der Waals surface area contributed by atoms with Crippen molar-refractivity contribution in [3.05, 3.63) is 21.9 Å². The average molecular weight is 321 g/mol. The van der Waals surface area contributed by atoms with E-state index in [1.807, 2.05) is 11.3 Å². The van der Waals surface area contributed by atoms with Crippen molar-refractivity contribution < 1.29 is 4.79 Å². The molecule has 3 rings (SSSR count). The lowest BCUT2D eigenvalue weighted by Gasteiger charge is -2.25. The monoisotopic (exact) mass is 321 g/mol. The van der Waals surface area contributed by atoms with Crippen LogP contribution in [-0.2, 0) is 17.9 Å². The van der Waals surface area contributed by atoms with Crippen LogP contribution in [0.5, 0.6) is 0 Å². The Morgan fingerprint density at radius 3 is 2.50 bits per heavy atom. The fourth-order valence-corrected chi connectivity index (χ4v) is 4.64. The summed E-state index contributed by atoms with van der Waals surface area (Å²) >= 11 is 1.96. The van der Waals surface area contributed by atoms with Crippen LogP contribution in [0.2, 0.25) is 0 Å². The SMILES string of the molecule is CC(=O)NC1CCN(Cc2ccc(CN3CCCCC3)s2)C1.